The lowest BCUT2D eigenvalue weighted by molar-refractivity contribution is 0.413. The molecular formula is C12H17NO. The van der Waals surface area contributed by atoms with Gasteiger partial charge in [-0.15, -0.1) is 0 Å². The van der Waals surface area contributed by atoms with Gasteiger partial charge in [0.05, 0.1) is 7.11 Å². The van der Waals surface area contributed by atoms with Gasteiger partial charge in [0, 0.05) is 6.04 Å². The molecule has 14 heavy (non-hydrogen) atoms. The standard InChI is InChI=1S/C12H17NO/c1-8-3-6-10(14-2)7-11(8)12(13)9-4-5-9/h3,6-7,9,12H,4-5,13H2,1-2H3/t12-/m0/s1. The molecule has 1 aromatic rings. The van der Waals surface area contributed by atoms with Crippen molar-refractivity contribution in [2.24, 2.45) is 11.7 Å². The maximum Gasteiger partial charge on any atom is 0.119 e. The van der Waals surface area contributed by atoms with Crippen molar-refractivity contribution in [2.75, 3.05) is 7.11 Å². The van der Waals surface area contributed by atoms with Crippen LogP contribution in [0.1, 0.15) is 30.0 Å². The summed E-state index contributed by atoms with van der Waals surface area (Å²) < 4.78 is 5.20. The largest absolute Gasteiger partial charge is 0.497 e. The lowest BCUT2D eigenvalue weighted by atomic mass is 9.98. The van der Waals surface area contributed by atoms with E-state index in [2.05, 4.69) is 19.1 Å². The topological polar surface area (TPSA) is 35.2 Å². The molecule has 2 heteroatoms. The Morgan fingerprint density at radius 3 is 2.71 bits per heavy atom. The molecule has 0 unspecified atom stereocenters. The van der Waals surface area contributed by atoms with E-state index in [4.69, 9.17) is 10.5 Å². The second-order valence-corrected chi connectivity index (χ2v) is 4.09. The molecule has 0 aliphatic heterocycles. The molecule has 1 aromatic carbocycles. The van der Waals surface area contributed by atoms with E-state index >= 15 is 0 Å². The van der Waals surface area contributed by atoms with E-state index in [9.17, 15) is 0 Å². The quantitative estimate of drug-likeness (QED) is 0.796. The first-order valence-electron chi connectivity index (χ1n) is 5.12. The second kappa shape index (κ2) is 3.62. The third-order valence-corrected chi connectivity index (χ3v) is 2.98. The van der Waals surface area contributed by atoms with Gasteiger partial charge in [0.25, 0.3) is 0 Å². The van der Waals surface area contributed by atoms with Crippen molar-refractivity contribution in [3.63, 3.8) is 0 Å². The monoisotopic (exact) mass is 191 g/mol. The van der Waals surface area contributed by atoms with Crippen LogP contribution in [0.15, 0.2) is 18.2 Å². The van der Waals surface area contributed by atoms with Gasteiger partial charge in [-0.2, -0.15) is 0 Å². The van der Waals surface area contributed by atoms with Crippen LogP contribution < -0.4 is 10.5 Å². The van der Waals surface area contributed by atoms with Gasteiger partial charge in [-0.05, 0) is 48.9 Å². The van der Waals surface area contributed by atoms with Crippen molar-refractivity contribution in [2.45, 2.75) is 25.8 Å². The molecule has 1 aliphatic rings. The third-order valence-electron chi connectivity index (χ3n) is 2.98. The van der Waals surface area contributed by atoms with Crippen LogP contribution in [0.2, 0.25) is 0 Å². The summed E-state index contributed by atoms with van der Waals surface area (Å²) in [5.74, 6) is 1.60. The third kappa shape index (κ3) is 1.75. The van der Waals surface area contributed by atoms with E-state index in [1.165, 1.54) is 24.0 Å². The van der Waals surface area contributed by atoms with Crippen LogP contribution in [-0.4, -0.2) is 7.11 Å². The minimum Gasteiger partial charge on any atom is -0.497 e. The summed E-state index contributed by atoms with van der Waals surface area (Å²) in [6.45, 7) is 2.11. The first-order chi connectivity index (χ1) is 6.72. The van der Waals surface area contributed by atoms with Gasteiger partial charge in [-0.1, -0.05) is 6.07 Å². The fraction of sp³-hybridized carbons (Fsp3) is 0.500. The maximum atomic E-state index is 6.17. The highest BCUT2D eigenvalue weighted by atomic mass is 16.5. The van der Waals surface area contributed by atoms with Crippen LogP contribution >= 0.6 is 0 Å². The molecule has 0 radical (unpaired) electrons. The van der Waals surface area contributed by atoms with E-state index in [1.807, 2.05) is 6.07 Å². The van der Waals surface area contributed by atoms with Crippen LogP contribution in [0.5, 0.6) is 5.75 Å². The molecule has 0 bridgehead atoms. The predicted molar refractivity (Wildman–Crippen MR) is 57.4 cm³/mol. The zero-order chi connectivity index (χ0) is 10.1. The Balaban J connectivity index is 2.29. The van der Waals surface area contributed by atoms with Crippen molar-refractivity contribution >= 4 is 0 Å². The Bertz CT molecular complexity index is 331. The SMILES string of the molecule is COc1ccc(C)c([C@@H](N)C2CC2)c1. The molecule has 0 saturated heterocycles. The zero-order valence-electron chi connectivity index (χ0n) is 8.79. The van der Waals surface area contributed by atoms with E-state index in [0.29, 0.717) is 5.92 Å². The van der Waals surface area contributed by atoms with Crippen LogP contribution in [0.3, 0.4) is 0 Å². The lowest BCUT2D eigenvalue weighted by Crippen LogP contribution is -2.13. The summed E-state index contributed by atoms with van der Waals surface area (Å²) in [7, 11) is 1.69. The second-order valence-electron chi connectivity index (χ2n) is 4.09. The average Bonchev–Trinajstić information content (AvgIpc) is 3.01. The van der Waals surface area contributed by atoms with Crippen molar-refractivity contribution in [3.05, 3.63) is 29.3 Å². The van der Waals surface area contributed by atoms with E-state index in [-0.39, 0.29) is 6.04 Å². The van der Waals surface area contributed by atoms with E-state index < -0.39 is 0 Å². The highest BCUT2D eigenvalue weighted by molar-refractivity contribution is 5.37. The number of hydrogen-bond acceptors (Lipinski definition) is 2. The molecule has 1 fully saturated rings. The van der Waals surface area contributed by atoms with Crippen LogP contribution in [0.4, 0.5) is 0 Å². The molecule has 76 valence electrons. The minimum absolute atomic E-state index is 0.199. The van der Waals surface area contributed by atoms with Crippen LogP contribution in [0, 0.1) is 12.8 Å². The Morgan fingerprint density at radius 1 is 1.43 bits per heavy atom. The number of nitrogens with two attached hydrogens (primary N) is 1. The number of ether oxygens (including phenoxy) is 1. The van der Waals surface area contributed by atoms with Crippen molar-refractivity contribution < 1.29 is 4.74 Å². The number of hydrogen-bond donors (Lipinski definition) is 1. The van der Waals surface area contributed by atoms with Crippen LogP contribution in [0.25, 0.3) is 0 Å². The molecule has 0 amide bonds. The molecule has 2 nitrogen and oxygen atoms in total. The molecule has 0 heterocycles. The Morgan fingerprint density at radius 2 is 2.14 bits per heavy atom. The fourth-order valence-electron chi connectivity index (χ4n) is 1.81. The van der Waals surface area contributed by atoms with Gasteiger partial charge in [0.1, 0.15) is 5.75 Å². The highest BCUT2D eigenvalue weighted by Gasteiger charge is 2.30. The Kier molecular flexibility index (Phi) is 2.46. The normalized spacial score (nSPS) is 17.9. The van der Waals surface area contributed by atoms with Gasteiger partial charge in [0.15, 0.2) is 0 Å². The number of aryl methyl sites for hydroxylation is 1. The summed E-state index contributed by atoms with van der Waals surface area (Å²) in [4.78, 5) is 0. The number of methoxy groups -OCH3 is 1. The lowest BCUT2D eigenvalue weighted by Gasteiger charge is -2.14. The Hall–Kier alpha value is -1.02. The molecule has 1 atom stereocenters. The van der Waals surface area contributed by atoms with Crippen LogP contribution in [-0.2, 0) is 0 Å². The first kappa shape index (κ1) is 9.53. The smallest absolute Gasteiger partial charge is 0.119 e. The first-order valence-corrected chi connectivity index (χ1v) is 5.12. The van der Waals surface area contributed by atoms with Crippen molar-refractivity contribution in [1.82, 2.24) is 0 Å². The van der Waals surface area contributed by atoms with Crippen molar-refractivity contribution in [1.29, 1.82) is 0 Å². The summed E-state index contributed by atoms with van der Waals surface area (Å²) >= 11 is 0. The molecule has 0 aromatic heterocycles. The summed E-state index contributed by atoms with van der Waals surface area (Å²) in [6.07, 6.45) is 2.55. The summed E-state index contributed by atoms with van der Waals surface area (Å²) in [5, 5.41) is 0. The molecular weight excluding hydrogens is 174 g/mol. The van der Waals surface area contributed by atoms with E-state index in [1.54, 1.807) is 7.11 Å². The predicted octanol–water partition coefficient (Wildman–Crippen LogP) is 2.41. The molecule has 2 rings (SSSR count). The fourth-order valence-corrected chi connectivity index (χ4v) is 1.81. The molecule has 1 saturated carbocycles. The van der Waals surface area contributed by atoms with Gasteiger partial charge in [-0.3, -0.25) is 0 Å². The van der Waals surface area contributed by atoms with Gasteiger partial charge < -0.3 is 10.5 Å². The molecule has 1 aliphatic carbocycles. The molecule has 0 spiro atoms. The molecule has 2 N–H and O–H groups in total. The maximum absolute atomic E-state index is 6.17. The average molecular weight is 191 g/mol. The number of rotatable bonds is 3. The number of benzene rings is 1. The van der Waals surface area contributed by atoms with Gasteiger partial charge in [-0.25, -0.2) is 0 Å². The highest BCUT2D eigenvalue weighted by Crippen LogP contribution is 2.40. The summed E-state index contributed by atoms with van der Waals surface area (Å²) in [6, 6.07) is 6.33. The van der Waals surface area contributed by atoms with Gasteiger partial charge >= 0.3 is 0 Å². The van der Waals surface area contributed by atoms with Crippen molar-refractivity contribution in [3.8, 4) is 5.75 Å². The minimum atomic E-state index is 0.199. The Labute approximate surface area is 85.1 Å². The van der Waals surface area contributed by atoms with E-state index in [0.717, 1.165) is 5.75 Å². The zero-order valence-corrected chi connectivity index (χ0v) is 8.79. The van der Waals surface area contributed by atoms with Gasteiger partial charge in [0.2, 0.25) is 0 Å². The summed E-state index contributed by atoms with van der Waals surface area (Å²) in [5.41, 5.74) is 8.68.